The van der Waals surface area contributed by atoms with Crippen molar-refractivity contribution < 1.29 is 14.3 Å². The molecule has 0 spiro atoms. The van der Waals surface area contributed by atoms with Gasteiger partial charge in [0, 0.05) is 24.8 Å². The third-order valence-electron chi connectivity index (χ3n) is 4.48. The highest BCUT2D eigenvalue weighted by molar-refractivity contribution is 5.93. The number of amides is 1. The molecule has 0 aliphatic carbocycles. The predicted octanol–water partition coefficient (Wildman–Crippen LogP) is 2.09. The molecule has 0 fully saturated rings. The van der Waals surface area contributed by atoms with Crippen molar-refractivity contribution in [1.29, 1.82) is 0 Å². The lowest BCUT2D eigenvalue weighted by molar-refractivity contribution is 0.0946. The Bertz CT molecular complexity index is 989. The van der Waals surface area contributed by atoms with Crippen molar-refractivity contribution in [3.8, 4) is 22.8 Å². The molecule has 2 aromatic heterocycles. The lowest BCUT2D eigenvalue weighted by Gasteiger charge is -2.05. The fourth-order valence-electron chi connectivity index (χ4n) is 3.04. The van der Waals surface area contributed by atoms with Gasteiger partial charge < -0.3 is 14.8 Å². The van der Waals surface area contributed by atoms with E-state index < -0.39 is 0 Å². The molecule has 0 bridgehead atoms. The molecule has 1 aromatic carbocycles. The van der Waals surface area contributed by atoms with Crippen molar-refractivity contribution >= 4 is 5.91 Å². The van der Waals surface area contributed by atoms with Crippen molar-refractivity contribution in [2.75, 3.05) is 6.79 Å². The Labute approximate surface area is 150 Å². The van der Waals surface area contributed by atoms with Gasteiger partial charge in [0.25, 0.3) is 5.91 Å². The summed E-state index contributed by atoms with van der Waals surface area (Å²) < 4.78 is 12.4. The van der Waals surface area contributed by atoms with Crippen molar-refractivity contribution in [2.45, 2.75) is 20.4 Å². The van der Waals surface area contributed by atoms with Gasteiger partial charge in [-0.15, -0.1) is 0 Å². The van der Waals surface area contributed by atoms with E-state index in [0.29, 0.717) is 23.7 Å². The lowest BCUT2D eigenvalue weighted by atomic mass is 10.1. The Kier molecular flexibility index (Phi) is 3.87. The number of nitrogens with one attached hydrogen (secondary N) is 2. The highest BCUT2D eigenvalue weighted by atomic mass is 16.7. The molecule has 0 unspecified atom stereocenters. The van der Waals surface area contributed by atoms with Gasteiger partial charge in [0.15, 0.2) is 11.5 Å². The number of hydrogen-bond acceptors (Lipinski definition) is 5. The average molecular weight is 353 g/mol. The maximum absolute atomic E-state index is 12.4. The van der Waals surface area contributed by atoms with Crippen LogP contribution in [0.5, 0.6) is 11.5 Å². The summed E-state index contributed by atoms with van der Waals surface area (Å²) in [6, 6.07) is 7.34. The number of H-pyrrole nitrogens is 1. The summed E-state index contributed by atoms with van der Waals surface area (Å²) in [5.74, 6) is 1.20. The molecule has 1 aliphatic heterocycles. The summed E-state index contributed by atoms with van der Waals surface area (Å²) >= 11 is 0. The molecule has 0 saturated carbocycles. The van der Waals surface area contributed by atoms with Gasteiger partial charge in [-0.05, 0) is 37.6 Å². The molecular formula is C18H19N5O3. The van der Waals surface area contributed by atoms with E-state index in [0.717, 1.165) is 28.3 Å². The second kappa shape index (κ2) is 6.21. The largest absolute Gasteiger partial charge is 0.454 e. The SMILES string of the molecule is Cc1nn(C)c(C)c1-c1cc(C(=O)NCc2ccc3c(c2)OCO3)[nH]n1. The normalized spacial score (nSPS) is 12.4. The highest BCUT2D eigenvalue weighted by Crippen LogP contribution is 2.32. The van der Waals surface area contributed by atoms with Gasteiger partial charge in [0.1, 0.15) is 5.69 Å². The Morgan fingerprint density at radius 2 is 2.08 bits per heavy atom. The van der Waals surface area contributed by atoms with Crippen LogP contribution in [-0.4, -0.2) is 32.7 Å². The fraction of sp³-hybridized carbons (Fsp3) is 0.278. The molecule has 8 nitrogen and oxygen atoms in total. The number of rotatable bonds is 4. The average Bonchev–Trinajstić information content (AvgIpc) is 3.33. The predicted molar refractivity (Wildman–Crippen MR) is 94.0 cm³/mol. The van der Waals surface area contributed by atoms with Gasteiger partial charge in [-0.1, -0.05) is 6.07 Å². The second-order valence-corrected chi connectivity index (χ2v) is 6.21. The molecule has 4 rings (SSSR count). The molecule has 1 amide bonds. The number of benzene rings is 1. The maximum Gasteiger partial charge on any atom is 0.269 e. The summed E-state index contributed by atoms with van der Waals surface area (Å²) in [5.41, 5.74) is 4.87. The number of aromatic nitrogens is 4. The van der Waals surface area contributed by atoms with Crippen LogP contribution in [-0.2, 0) is 13.6 Å². The van der Waals surface area contributed by atoms with E-state index in [4.69, 9.17) is 9.47 Å². The molecular weight excluding hydrogens is 334 g/mol. The van der Waals surface area contributed by atoms with Crippen LogP contribution >= 0.6 is 0 Å². The topological polar surface area (TPSA) is 94.1 Å². The summed E-state index contributed by atoms with van der Waals surface area (Å²) in [6.45, 7) is 4.52. The molecule has 0 saturated heterocycles. The van der Waals surface area contributed by atoms with Crippen molar-refractivity contribution in [3.63, 3.8) is 0 Å². The first-order valence-electron chi connectivity index (χ1n) is 8.25. The van der Waals surface area contributed by atoms with Gasteiger partial charge in [0.2, 0.25) is 6.79 Å². The zero-order valence-electron chi connectivity index (χ0n) is 14.8. The number of fused-ring (bicyclic) bond motifs is 1. The van der Waals surface area contributed by atoms with E-state index in [-0.39, 0.29) is 12.7 Å². The Morgan fingerprint density at radius 1 is 1.27 bits per heavy atom. The molecule has 8 heteroatoms. The van der Waals surface area contributed by atoms with Crippen LogP contribution in [0.2, 0.25) is 0 Å². The summed E-state index contributed by atoms with van der Waals surface area (Å²) in [5, 5.41) is 14.3. The van der Waals surface area contributed by atoms with Crippen LogP contribution in [0, 0.1) is 13.8 Å². The Balaban J connectivity index is 1.47. The number of carbonyl (C=O) groups excluding carboxylic acids is 1. The van der Waals surface area contributed by atoms with Gasteiger partial charge in [-0.3, -0.25) is 14.6 Å². The first-order chi connectivity index (χ1) is 12.5. The molecule has 1 aliphatic rings. The monoisotopic (exact) mass is 353 g/mol. The zero-order chi connectivity index (χ0) is 18.3. The summed E-state index contributed by atoms with van der Waals surface area (Å²) in [4.78, 5) is 12.4. The van der Waals surface area contributed by atoms with E-state index in [1.54, 1.807) is 10.7 Å². The first-order valence-corrected chi connectivity index (χ1v) is 8.25. The number of aromatic amines is 1. The Hall–Kier alpha value is -3.29. The minimum Gasteiger partial charge on any atom is -0.454 e. The minimum absolute atomic E-state index is 0.222. The standard InChI is InChI=1S/C18H19N5O3/c1-10-17(11(2)23(3)22-10)13-7-14(21-20-13)18(24)19-8-12-4-5-15-16(6-12)26-9-25-15/h4-7H,8-9H2,1-3H3,(H,19,24)(H,20,21). The summed E-state index contributed by atoms with van der Waals surface area (Å²) in [6.07, 6.45) is 0. The zero-order valence-corrected chi connectivity index (χ0v) is 14.8. The molecule has 134 valence electrons. The maximum atomic E-state index is 12.4. The van der Waals surface area contributed by atoms with Crippen LogP contribution in [0.25, 0.3) is 11.3 Å². The first kappa shape index (κ1) is 16.2. The van der Waals surface area contributed by atoms with Gasteiger partial charge in [-0.25, -0.2) is 0 Å². The number of carbonyl (C=O) groups is 1. The molecule has 3 aromatic rings. The lowest BCUT2D eigenvalue weighted by Crippen LogP contribution is -2.23. The number of nitrogens with zero attached hydrogens (tertiary/aromatic N) is 3. The molecule has 26 heavy (non-hydrogen) atoms. The van der Waals surface area contributed by atoms with Gasteiger partial charge >= 0.3 is 0 Å². The van der Waals surface area contributed by atoms with E-state index >= 15 is 0 Å². The summed E-state index contributed by atoms with van der Waals surface area (Å²) in [7, 11) is 1.89. The van der Waals surface area contributed by atoms with Crippen molar-refractivity contribution in [3.05, 3.63) is 46.9 Å². The smallest absolute Gasteiger partial charge is 0.269 e. The second-order valence-electron chi connectivity index (χ2n) is 6.21. The number of aryl methyl sites for hydroxylation is 2. The van der Waals surface area contributed by atoms with Crippen LogP contribution in [0.4, 0.5) is 0 Å². The van der Waals surface area contributed by atoms with E-state index in [1.165, 1.54) is 0 Å². The van der Waals surface area contributed by atoms with Gasteiger partial charge in [-0.2, -0.15) is 10.2 Å². The van der Waals surface area contributed by atoms with E-state index in [2.05, 4.69) is 20.6 Å². The van der Waals surface area contributed by atoms with Crippen LogP contribution < -0.4 is 14.8 Å². The molecule has 0 atom stereocenters. The third kappa shape index (κ3) is 2.79. The third-order valence-corrected chi connectivity index (χ3v) is 4.48. The van der Waals surface area contributed by atoms with Gasteiger partial charge in [0.05, 0.1) is 11.4 Å². The fourth-order valence-corrected chi connectivity index (χ4v) is 3.04. The van der Waals surface area contributed by atoms with E-state index in [1.807, 2.05) is 39.1 Å². The van der Waals surface area contributed by atoms with Crippen molar-refractivity contribution in [2.24, 2.45) is 7.05 Å². The van der Waals surface area contributed by atoms with Crippen LogP contribution in [0.1, 0.15) is 27.4 Å². The number of ether oxygens (including phenoxy) is 2. The minimum atomic E-state index is -0.222. The highest BCUT2D eigenvalue weighted by Gasteiger charge is 2.18. The quantitative estimate of drug-likeness (QED) is 0.749. The van der Waals surface area contributed by atoms with E-state index in [9.17, 15) is 4.79 Å². The van der Waals surface area contributed by atoms with Crippen LogP contribution in [0.15, 0.2) is 24.3 Å². The molecule has 0 radical (unpaired) electrons. The van der Waals surface area contributed by atoms with Crippen LogP contribution in [0.3, 0.4) is 0 Å². The number of hydrogen-bond donors (Lipinski definition) is 2. The molecule has 2 N–H and O–H groups in total. The van der Waals surface area contributed by atoms with Crippen molar-refractivity contribution in [1.82, 2.24) is 25.3 Å². The molecule has 3 heterocycles. The Morgan fingerprint density at radius 3 is 2.85 bits per heavy atom.